The molecule has 0 aliphatic heterocycles. The van der Waals surface area contributed by atoms with Crippen molar-refractivity contribution >= 4 is 21.7 Å². The van der Waals surface area contributed by atoms with Gasteiger partial charge in [0.25, 0.3) is 0 Å². The van der Waals surface area contributed by atoms with Gasteiger partial charge < -0.3 is 5.73 Å². The van der Waals surface area contributed by atoms with Crippen LogP contribution in [-0.2, 0) is 0 Å². The molecule has 0 unspecified atom stereocenters. The van der Waals surface area contributed by atoms with Crippen LogP contribution < -0.4 is 5.73 Å². The number of aryl methyl sites for hydroxylation is 2. The van der Waals surface area contributed by atoms with Gasteiger partial charge in [-0.05, 0) is 48.0 Å². The first kappa shape index (κ1) is 11.4. The molecule has 2 N–H and O–H groups in total. The topological polar surface area (TPSA) is 43.1 Å². The normalized spacial score (nSPS) is 10.3. The number of nitrogens with two attached hydrogens (primary N) is 1. The minimum Gasteiger partial charge on any atom is -0.330 e. The fraction of sp³-hybridized carbons (Fsp3) is 0.364. The molecule has 0 bridgehead atoms. The van der Waals surface area contributed by atoms with Gasteiger partial charge in [-0.3, -0.25) is 4.79 Å². The Bertz CT molecular complexity index is 361. The van der Waals surface area contributed by atoms with Gasteiger partial charge in [-0.2, -0.15) is 0 Å². The third kappa shape index (κ3) is 2.42. The number of Topliss-reactive ketones (excluding diaryl/α,β-unsaturated/α-hetero) is 1. The van der Waals surface area contributed by atoms with Crippen LogP contribution in [0.15, 0.2) is 16.6 Å². The fourth-order valence-electron chi connectivity index (χ4n) is 1.42. The molecule has 0 aliphatic carbocycles. The summed E-state index contributed by atoms with van der Waals surface area (Å²) < 4.78 is 0.890. The Balaban J connectivity index is 3.13. The molecule has 0 amide bonds. The van der Waals surface area contributed by atoms with E-state index in [0.717, 1.165) is 21.2 Å². The Kier molecular flexibility index (Phi) is 3.84. The van der Waals surface area contributed by atoms with E-state index in [2.05, 4.69) is 15.9 Å². The van der Waals surface area contributed by atoms with Crippen LogP contribution in [0.25, 0.3) is 0 Å². The number of halogens is 1. The lowest BCUT2D eigenvalue weighted by atomic mass is 10.0. The predicted octanol–water partition coefficient (Wildman–Crippen LogP) is 2.60. The Hall–Kier alpha value is -0.670. The van der Waals surface area contributed by atoms with Crippen LogP contribution in [0, 0.1) is 13.8 Å². The number of carbonyl (C=O) groups is 1. The standard InChI is InChI=1S/C11H14BrNO/c1-7-5-8(2)11(12)9(6-7)10(14)3-4-13/h5-6H,3-4,13H2,1-2H3. The quantitative estimate of drug-likeness (QED) is 0.844. The highest BCUT2D eigenvalue weighted by Crippen LogP contribution is 2.24. The zero-order valence-corrected chi connectivity index (χ0v) is 10.0. The first-order valence-corrected chi connectivity index (χ1v) is 5.35. The average molecular weight is 256 g/mol. The highest BCUT2D eigenvalue weighted by molar-refractivity contribution is 9.10. The van der Waals surface area contributed by atoms with Crippen molar-refractivity contribution in [3.05, 3.63) is 33.3 Å². The molecule has 1 rings (SSSR count). The molecule has 0 saturated heterocycles. The van der Waals surface area contributed by atoms with E-state index < -0.39 is 0 Å². The lowest BCUT2D eigenvalue weighted by Gasteiger charge is -2.07. The van der Waals surface area contributed by atoms with Crippen LogP contribution in [0.5, 0.6) is 0 Å². The van der Waals surface area contributed by atoms with Crippen molar-refractivity contribution in [3.63, 3.8) is 0 Å². The molecule has 0 fully saturated rings. The second-order valence-electron chi connectivity index (χ2n) is 3.41. The molecule has 0 atom stereocenters. The lowest BCUT2D eigenvalue weighted by molar-refractivity contribution is 0.0984. The van der Waals surface area contributed by atoms with Gasteiger partial charge in [-0.15, -0.1) is 0 Å². The van der Waals surface area contributed by atoms with Crippen LogP contribution in [0.3, 0.4) is 0 Å². The summed E-state index contributed by atoms with van der Waals surface area (Å²) >= 11 is 3.42. The largest absolute Gasteiger partial charge is 0.330 e. The molecular weight excluding hydrogens is 242 g/mol. The molecule has 0 aromatic heterocycles. The van der Waals surface area contributed by atoms with Gasteiger partial charge >= 0.3 is 0 Å². The molecule has 0 saturated carbocycles. The first-order valence-electron chi connectivity index (χ1n) is 4.56. The third-order valence-electron chi connectivity index (χ3n) is 2.07. The number of benzene rings is 1. The van der Waals surface area contributed by atoms with Crippen LogP contribution in [0.4, 0.5) is 0 Å². The van der Waals surface area contributed by atoms with E-state index in [4.69, 9.17) is 5.73 Å². The van der Waals surface area contributed by atoms with E-state index in [1.807, 2.05) is 26.0 Å². The van der Waals surface area contributed by atoms with Crippen molar-refractivity contribution in [3.8, 4) is 0 Å². The van der Waals surface area contributed by atoms with Gasteiger partial charge in [0.05, 0.1) is 0 Å². The summed E-state index contributed by atoms with van der Waals surface area (Å²) in [6.45, 7) is 4.37. The van der Waals surface area contributed by atoms with Crippen LogP contribution in [-0.4, -0.2) is 12.3 Å². The molecule has 0 spiro atoms. The summed E-state index contributed by atoms with van der Waals surface area (Å²) in [7, 11) is 0. The minimum absolute atomic E-state index is 0.103. The molecule has 2 nitrogen and oxygen atoms in total. The molecule has 0 radical (unpaired) electrons. The molecule has 76 valence electrons. The maximum atomic E-state index is 11.7. The van der Waals surface area contributed by atoms with Crippen molar-refractivity contribution in [2.75, 3.05) is 6.54 Å². The molecule has 1 aromatic rings. The van der Waals surface area contributed by atoms with Gasteiger partial charge in [0.15, 0.2) is 5.78 Å². The third-order valence-corrected chi connectivity index (χ3v) is 3.12. The van der Waals surface area contributed by atoms with Crippen LogP contribution in [0.2, 0.25) is 0 Å². The van der Waals surface area contributed by atoms with Crippen molar-refractivity contribution < 1.29 is 4.79 Å². The van der Waals surface area contributed by atoms with Gasteiger partial charge in [-0.1, -0.05) is 11.6 Å². The van der Waals surface area contributed by atoms with Crippen molar-refractivity contribution in [2.45, 2.75) is 20.3 Å². The van der Waals surface area contributed by atoms with E-state index in [1.54, 1.807) is 0 Å². The van der Waals surface area contributed by atoms with Gasteiger partial charge in [0.2, 0.25) is 0 Å². The van der Waals surface area contributed by atoms with Crippen molar-refractivity contribution in [1.29, 1.82) is 0 Å². The average Bonchev–Trinajstić information content (AvgIpc) is 2.11. The second kappa shape index (κ2) is 4.71. The fourth-order valence-corrected chi connectivity index (χ4v) is 1.87. The van der Waals surface area contributed by atoms with Crippen LogP contribution >= 0.6 is 15.9 Å². The number of rotatable bonds is 3. The Morgan fingerprint density at radius 1 is 1.43 bits per heavy atom. The van der Waals surface area contributed by atoms with E-state index >= 15 is 0 Å². The summed E-state index contributed by atoms with van der Waals surface area (Å²) in [4.78, 5) is 11.7. The highest BCUT2D eigenvalue weighted by Gasteiger charge is 2.11. The number of hydrogen-bond acceptors (Lipinski definition) is 2. The summed E-state index contributed by atoms with van der Waals surface area (Å²) in [5.41, 5.74) is 8.29. The van der Waals surface area contributed by atoms with Crippen molar-refractivity contribution in [2.24, 2.45) is 5.73 Å². The number of hydrogen-bond donors (Lipinski definition) is 1. The Morgan fingerprint density at radius 3 is 2.64 bits per heavy atom. The summed E-state index contributed by atoms with van der Waals surface area (Å²) in [6, 6.07) is 3.94. The van der Waals surface area contributed by atoms with E-state index in [-0.39, 0.29) is 5.78 Å². The van der Waals surface area contributed by atoms with Crippen molar-refractivity contribution in [1.82, 2.24) is 0 Å². The maximum Gasteiger partial charge on any atom is 0.165 e. The van der Waals surface area contributed by atoms with E-state index in [9.17, 15) is 4.79 Å². The lowest BCUT2D eigenvalue weighted by Crippen LogP contribution is -2.09. The zero-order valence-electron chi connectivity index (χ0n) is 8.43. The highest BCUT2D eigenvalue weighted by atomic mass is 79.9. The maximum absolute atomic E-state index is 11.7. The Labute approximate surface area is 92.6 Å². The zero-order chi connectivity index (χ0) is 10.7. The van der Waals surface area contributed by atoms with E-state index in [1.165, 1.54) is 0 Å². The summed E-state index contributed by atoms with van der Waals surface area (Å²) in [5.74, 6) is 0.103. The minimum atomic E-state index is 0.103. The van der Waals surface area contributed by atoms with Gasteiger partial charge in [-0.25, -0.2) is 0 Å². The predicted molar refractivity (Wildman–Crippen MR) is 61.6 cm³/mol. The number of carbonyl (C=O) groups excluding carboxylic acids is 1. The second-order valence-corrected chi connectivity index (χ2v) is 4.20. The molecule has 0 aliphatic rings. The monoisotopic (exact) mass is 255 g/mol. The molecule has 14 heavy (non-hydrogen) atoms. The smallest absolute Gasteiger partial charge is 0.165 e. The summed E-state index contributed by atoms with van der Waals surface area (Å²) in [5, 5.41) is 0. The van der Waals surface area contributed by atoms with Gasteiger partial charge in [0.1, 0.15) is 0 Å². The SMILES string of the molecule is Cc1cc(C)c(Br)c(C(=O)CCN)c1. The molecule has 3 heteroatoms. The Morgan fingerprint density at radius 2 is 2.07 bits per heavy atom. The van der Waals surface area contributed by atoms with Gasteiger partial charge in [0, 0.05) is 16.5 Å². The summed E-state index contributed by atoms with van der Waals surface area (Å²) in [6.07, 6.45) is 0.404. The number of ketones is 1. The first-order chi connectivity index (χ1) is 6.56. The van der Waals surface area contributed by atoms with E-state index in [0.29, 0.717) is 13.0 Å². The molecule has 1 aromatic carbocycles. The molecular formula is C11H14BrNO. The molecule has 0 heterocycles. The van der Waals surface area contributed by atoms with Crippen LogP contribution in [0.1, 0.15) is 27.9 Å².